The summed E-state index contributed by atoms with van der Waals surface area (Å²) in [6.07, 6.45) is 7.20. The monoisotopic (exact) mass is 534 g/mol. The van der Waals surface area contributed by atoms with Gasteiger partial charge >= 0.3 is 0 Å². The molecule has 1 atom stereocenters. The number of hydrogen-bond donors (Lipinski definition) is 2. The van der Waals surface area contributed by atoms with E-state index in [0.29, 0.717) is 25.6 Å². The quantitative estimate of drug-likeness (QED) is 0.287. The van der Waals surface area contributed by atoms with Crippen LogP contribution in [0.2, 0.25) is 0 Å². The Morgan fingerprint density at radius 2 is 2.17 bits per heavy atom. The van der Waals surface area contributed by atoms with Crippen LogP contribution in [0.25, 0.3) is 0 Å². The Hall–Kier alpha value is -1.33. The summed E-state index contributed by atoms with van der Waals surface area (Å²) in [4.78, 5) is 18.8. The second kappa shape index (κ2) is 13.9. The van der Waals surface area contributed by atoms with Crippen molar-refractivity contribution in [2.45, 2.75) is 50.7 Å². The maximum atomic E-state index is 12.2. The number of carbonyl (C=O) groups is 1. The molecule has 1 aromatic heterocycles. The topological polar surface area (TPSA) is 88.3 Å². The van der Waals surface area contributed by atoms with Gasteiger partial charge in [0, 0.05) is 45.8 Å². The van der Waals surface area contributed by atoms with Crippen LogP contribution in [0.4, 0.5) is 0 Å². The standard InChI is InChI=1S/C21H34N4O4.HI/c1-27-15-9-20(26)25-11-7-17(8-12-25)24-21(23-16-19-5-3-14-29-19)22-10-6-18-4-2-13-28-18;/h2,4,13,17,19H,3,5-12,14-16H2,1H3,(H2,22,23,24);1H. The number of amides is 1. The van der Waals surface area contributed by atoms with Gasteiger partial charge in [-0.2, -0.15) is 0 Å². The summed E-state index contributed by atoms with van der Waals surface area (Å²) in [5.74, 6) is 1.95. The van der Waals surface area contributed by atoms with Crippen LogP contribution in [0.3, 0.4) is 0 Å². The molecule has 1 aromatic rings. The lowest BCUT2D eigenvalue weighted by atomic mass is 10.0. The Morgan fingerprint density at radius 1 is 1.33 bits per heavy atom. The minimum atomic E-state index is 0. The first-order valence-electron chi connectivity index (χ1n) is 10.7. The molecular weight excluding hydrogens is 499 g/mol. The number of furan rings is 1. The minimum absolute atomic E-state index is 0. The van der Waals surface area contributed by atoms with Crippen molar-refractivity contribution < 1.29 is 18.7 Å². The maximum absolute atomic E-state index is 12.2. The molecule has 3 rings (SSSR count). The molecule has 2 aliphatic rings. The van der Waals surface area contributed by atoms with Gasteiger partial charge in [0.05, 0.1) is 31.9 Å². The highest BCUT2D eigenvalue weighted by Crippen LogP contribution is 2.13. The Labute approximate surface area is 196 Å². The van der Waals surface area contributed by atoms with Crippen LogP contribution in [-0.2, 0) is 20.7 Å². The highest BCUT2D eigenvalue weighted by Gasteiger charge is 2.23. The second-order valence-electron chi connectivity index (χ2n) is 7.62. The first kappa shape index (κ1) is 24.9. The molecule has 30 heavy (non-hydrogen) atoms. The zero-order valence-electron chi connectivity index (χ0n) is 17.8. The van der Waals surface area contributed by atoms with Crippen LogP contribution in [-0.4, -0.2) is 75.4 Å². The first-order valence-corrected chi connectivity index (χ1v) is 10.7. The minimum Gasteiger partial charge on any atom is -0.469 e. The predicted octanol–water partition coefficient (Wildman–Crippen LogP) is 2.18. The van der Waals surface area contributed by atoms with Crippen molar-refractivity contribution in [3.05, 3.63) is 24.2 Å². The van der Waals surface area contributed by atoms with Crippen LogP contribution in [0, 0.1) is 0 Å². The van der Waals surface area contributed by atoms with Crippen molar-refractivity contribution in [1.82, 2.24) is 15.5 Å². The number of carbonyl (C=O) groups excluding carboxylic acids is 1. The summed E-state index contributed by atoms with van der Waals surface area (Å²) in [5, 5.41) is 6.97. The second-order valence-corrected chi connectivity index (χ2v) is 7.62. The molecule has 1 amide bonds. The van der Waals surface area contributed by atoms with Crippen molar-refractivity contribution in [3.63, 3.8) is 0 Å². The Bertz CT molecular complexity index is 627. The Morgan fingerprint density at radius 3 is 2.83 bits per heavy atom. The highest BCUT2D eigenvalue weighted by atomic mass is 127. The number of ether oxygens (including phenoxy) is 2. The molecule has 0 aromatic carbocycles. The van der Waals surface area contributed by atoms with Gasteiger partial charge in [0.2, 0.25) is 5.91 Å². The third-order valence-electron chi connectivity index (χ3n) is 5.43. The summed E-state index contributed by atoms with van der Waals surface area (Å²) >= 11 is 0. The molecule has 1 unspecified atom stereocenters. The number of guanidine groups is 1. The van der Waals surface area contributed by atoms with Crippen LogP contribution >= 0.6 is 24.0 Å². The van der Waals surface area contributed by atoms with Crippen molar-refractivity contribution in [1.29, 1.82) is 0 Å². The van der Waals surface area contributed by atoms with E-state index in [4.69, 9.17) is 18.9 Å². The van der Waals surface area contributed by atoms with Gasteiger partial charge in [-0.3, -0.25) is 9.79 Å². The largest absolute Gasteiger partial charge is 0.469 e. The molecule has 170 valence electrons. The van der Waals surface area contributed by atoms with Crippen LogP contribution < -0.4 is 10.6 Å². The predicted molar refractivity (Wildman–Crippen MR) is 126 cm³/mol. The van der Waals surface area contributed by atoms with Gasteiger partial charge in [-0.05, 0) is 37.8 Å². The molecule has 3 heterocycles. The average molecular weight is 534 g/mol. The van der Waals surface area contributed by atoms with Crippen molar-refractivity contribution in [3.8, 4) is 0 Å². The number of rotatable bonds is 9. The van der Waals surface area contributed by atoms with Crippen molar-refractivity contribution in [2.75, 3.05) is 46.5 Å². The Kier molecular flexibility index (Phi) is 11.5. The molecule has 0 radical (unpaired) electrons. The molecule has 2 saturated heterocycles. The molecule has 2 aliphatic heterocycles. The van der Waals surface area contributed by atoms with Gasteiger partial charge in [-0.1, -0.05) is 0 Å². The Balaban J connectivity index is 0.00000320. The number of piperidine rings is 1. The molecule has 2 fully saturated rings. The fraction of sp³-hybridized carbons (Fsp3) is 0.714. The number of nitrogens with one attached hydrogen (secondary N) is 2. The van der Waals surface area contributed by atoms with Gasteiger partial charge in [-0.25, -0.2) is 0 Å². The van der Waals surface area contributed by atoms with E-state index < -0.39 is 0 Å². The van der Waals surface area contributed by atoms with E-state index in [1.165, 1.54) is 0 Å². The number of hydrogen-bond acceptors (Lipinski definition) is 5. The molecule has 0 aliphatic carbocycles. The molecule has 0 saturated carbocycles. The number of halogens is 1. The molecule has 0 spiro atoms. The summed E-state index contributed by atoms with van der Waals surface area (Å²) in [6.45, 7) is 4.28. The van der Waals surface area contributed by atoms with E-state index >= 15 is 0 Å². The lowest BCUT2D eigenvalue weighted by molar-refractivity contribution is -0.133. The van der Waals surface area contributed by atoms with Gasteiger partial charge < -0.3 is 29.4 Å². The van der Waals surface area contributed by atoms with Crippen LogP contribution in [0.15, 0.2) is 27.8 Å². The van der Waals surface area contributed by atoms with Gasteiger partial charge in [0.1, 0.15) is 5.76 Å². The third-order valence-corrected chi connectivity index (χ3v) is 5.43. The summed E-state index contributed by atoms with van der Waals surface area (Å²) < 4.78 is 16.1. The van der Waals surface area contributed by atoms with Crippen molar-refractivity contribution in [2.24, 2.45) is 4.99 Å². The molecule has 2 N–H and O–H groups in total. The zero-order chi connectivity index (χ0) is 20.3. The van der Waals surface area contributed by atoms with Gasteiger partial charge in [-0.15, -0.1) is 24.0 Å². The lowest BCUT2D eigenvalue weighted by Crippen LogP contribution is -2.50. The maximum Gasteiger partial charge on any atom is 0.224 e. The third kappa shape index (κ3) is 8.43. The normalized spacial score (nSPS) is 20.1. The summed E-state index contributed by atoms with van der Waals surface area (Å²) in [6, 6.07) is 4.19. The van der Waals surface area contributed by atoms with Gasteiger partial charge in [0.25, 0.3) is 0 Å². The molecule has 9 heteroatoms. The molecular formula is C21H35IN4O4. The number of likely N-dealkylation sites (tertiary alicyclic amines) is 1. The summed E-state index contributed by atoms with van der Waals surface area (Å²) in [7, 11) is 1.62. The van der Waals surface area contributed by atoms with E-state index in [1.807, 2.05) is 17.0 Å². The fourth-order valence-corrected chi connectivity index (χ4v) is 3.71. The number of nitrogens with zero attached hydrogens (tertiary/aromatic N) is 2. The first-order chi connectivity index (χ1) is 14.2. The lowest BCUT2D eigenvalue weighted by Gasteiger charge is -2.33. The highest BCUT2D eigenvalue weighted by molar-refractivity contribution is 14.0. The fourth-order valence-electron chi connectivity index (χ4n) is 3.71. The van der Waals surface area contributed by atoms with Crippen LogP contribution in [0.5, 0.6) is 0 Å². The van der Waals surface area contributed by atoms with Crippen LogP contribution in [0.1, 0.15) is 37.9 Å². The van der Waals surface area contributed by atoms with E-state index in [1.54, 1.807) is 13.4 Å². The SMILES string of the molecule is COCCC(=O)N1CCC(NC(=NCC2CCCO2)NCCc2ccco2)CC1.I. The smallest absolute Gasteiger partial charge is 0.224 e. The van der Waals surface area contributed by atoms with E-state index in [2.05, 4.69) is 10.6 Å². The molecule has 0 bridgehead atoms. The number of aliphatic imine (C=N–C) groups is 1. The summed E-state index contributed by atoms with van der Waals surface area (Å²) in [5.41, 5.74) is 0. The van der Waals surface area contributed by atoms with E-state index in [0.717, 1.165) is 70.1 Å². The zero-order valence-corrected chi connectivity index (χ0v) is 20.1. The van der Waals surface area contributed by atoms with Gasteiger partial charge in [0.15, 0.2) is 5.96 Å². The van der Waals surface area contributed by atoms with E-state index in [-0.39, 0.29) is 36.0 Å². The molecule has 8 nitrogen and oxygen atoms in total. The van der Waals surface area contributed by atoms with Crippen molar-refractivity contribution >= 4 is 35.8 Å². The van der Waals surface area contributed by atoms with E-state index in [9.17, 15) is 4.79 Å². The number of methoxy groups -OCH3 is 1. The average Bonchev–Trinajstić information content (AvgIpc) is 3.45.